The highest BCUT2D eigenvalue weighted by Gasteiger charge is 2.27. The van der Waals surface area contributed by atoms with Crippen LogP contribution in [0.25, 0.3) is 11.0 Å². The van der Waals surface area contributed by atoms with Crippen molar-refractivity contribution in [3.8, 4) is 0 Å². The van der Waals surface area contributed by atoms with Gasteiger partial charge < -0.3 is 19.5 Å². The fourth-order valence-electron chi connectivity index (χ4n) is 6.41. The van der Waals surface area contributed by atoms with Crippen LogP contribution in [0.2, 0.25) is 5.02 Å². The molecule has 37 heavy (non-hydrogen) atoms. The van der Waals surface area contributed by atoms with Gasteiger partial charge in [-0.25, -0.2) is 4.39 Å². The van der Waals surface area contributed by atoms with Gasteiger partial charge in [0.2, 0.25) is 5.91 Å². The van der Waals surface area contributed by atoms with E-state index in [1.54, 1.807) is 13.2 Å². The van der Waals surface area contributed by atoms with E-state index in [9.17, 15) is 9.18 Å². The zero-order valence-corrected chi connectivity index (χ0v) is 22.6. The van der Waals surface area contributed by atoms with Crippen LogP contribution in [-0.2, 0) is 9.53 Å². The summed E-state index contributed by atoms with van der Waals surface area (Å²) >= 11 is 5.98. The van der Waals surface area contributed by atoms with Crippen molar-refractivity contribution in [2.45, 2.75) is 76.4 Å². The number of carbonyl (C=O) groups is 1. The minimum atomic E-state index is -0.487. The lowest BCUT2D eigenvalue weighted by Gasteiger charge is -2.36. The van der Waals surface area contributed by atoms with Crippen LogP contribution in [0.3, 0.4) is 0 Å². The van der Waals surface area contributed by atoms with Gasteiger partial charge in [-0.2, -0.15) is 0 Å². The highest BCUT2D eigenvalue weighted by atomic mass is 35.5. The molecule has 0 spiro atoms. The van der Waals surface area contributed by atoms with E-state index in [2.05, 4.69) is 20.3 Å². The number of rotatable bonds is 8. The molecule has 1 aromatic carbocycles. The number of ether oxygens (including phenoxy) is 1. The number of fused-ring (bicyclic) bond motifs is 1. The van der Waals surface area contributed by atoms with Gasteiger partial charge in [-0.15, -0.1) is 0 Å². The molecule has 1 N–H and O–H groups in total. The molecule has 0 unspecified atom stereocenters. The van der Waals surface area contributed by atoms with Crippen LogP contribution >= 0.6 is 11.6 Å². The average Bonchev–Trinajstić information content (AvgIpc) is 3.31. The molecule has 3 aliphatic rings. The monoisotopic (exact) mass is 534 g/mol. The number of anilines is 1. The Kier molecular flexibility index (Phi) is 8.88. The topological polar surface area (TPSA) is 70.8 Å². The van der Waals surface area contributed by atoms with Crippen LogP contribution < -0.4 is 10.2 Å². The van der Waals surface area contributed by atoms with Crippen LogP contribution in [0.1, 0.15) is 64.2 Å². The van der Waals surface area contributed by atoms with Gasteiger partial charge in [-0.3, -0.25) is 9.69 Å². The first kappa shape index (κ1) is 26.7. The maximum absolute atomic E-state index is 13.7. The van der Waals surface area contributed by atoms with Crippen LogP contribution in [0.5, 0.6) is 0 Å². The van der Waals surface area contributed by atoms with E-state index in [-0.39, 0.29) is 10.9 Å². The van der Waals surface area contributed by atoms with E-state index in [0.717, 1.165) is 88.4 Å². The molecule has 9 heteroatoms. The molecule has 2 aliphatic carbocycles. The van der Waals surface area contributed by atoms with Crippen LogP contribution in [-0.4, -0.2) is 67.9 Å². The zero-order chi connectivity index (χ0) is 25.8. The Labute approximate surface area is 224 Å². The molecule has 2 saturated carbocycles. The number of hydrogen-bond acceptors (Lipinski definition) is 6. The number of halogens is 2. The summed E-state index contributed by atoms with van der Waals surface area (Å²) < 4.78 is 24.5. The van der Waals surface area contributed by atoms with Crippen molar-refractivity contribution in [1.82, 2.24) is 15.4 Å². The van der Waals surface area contributed by atoms with Gasteiger partial charge in [0.1, 0.15) is 5.82 Å². The van der Waals surface area contributed by atoms with E-state index in [1.165, 1.54) is 25.3 Å². The second kappa shape index (κ2) is 12.3. The molecule has 3 fully saturated rings. The molecule has 7 nitrogen and oxygen atoms in total. The summed E-state index contributed by atoms with van der Waals surface area (Å²) in [5, 5.41) is 8.37. The average molecular weight is 535 g/mol. The van der Waals surface area contributed by atoms with Crippen molar-refractivity contribution >= 4 is 34.3 Å². The van der Waals surface area contributed by atoms with E-state index in [1.807, 2.05) is 0 Å². The Hall–Kier alpha value is -1.90. The number of aromatic nitrogens is 1. The Balaban J connectivity index is 0.985. The summed E-state index contributed by atoms with van der Waals surface area (Å²) in [4.78, 5) is 17.3. The summed E-state index contributed by atoms with van der Waals surface area (Å²) in [5.74, 6) is 1.77. The summed E-state index contributed by atoms with van der Waals surface area (Å²) in [6.45, 7) is 4.78. The number of nitrogens with one attached hydrogen (secondary N) is 1. The second-order valence-electron chi connectivity index (χ2n) is 11.3. The van der Waals surface area contributed by atoms with E-state index in [0.29, 0.717) is 30.1 Å². The van der Waals surface area contributed by atoms with Crippen molar-refractivity contribution in [3.63, 3.8) is 0 Å². The van der Waals surface area contributed by atoms with Gasteiger partial charge in [-0.05, 0) is 82.2 Å². The highest BCUT2D eigenvalue weighted by molar-refractivity contribution is 6.31. The third kappa shape index (κ3) is 6.76. The number of amides is 1. The second-order valence-corrected chi connectivity index (χ2v) is 11.7. The van der Waals surface area contributed by atoms with Gasteiger partial charge >= 0.3 is 0 Å². The maximum Gasteiger partial charge on any atom is 0.220 e. The Bertz CT molecular complexity index is 1040. The SMILES string of the molecule is COC1CCC(CC(=O)N[C@H]2CC[C@H](CCN3CCN(c4noc5cc(F)c(Cl)cc45)CC3)CC2)CC1. The third-order valence-corrected chi connectivity index (χ3v) is 9.12. The quantitative estimate of drug-likeness (QED) is 0.489. The third-order valence-electron chi connectivity index (χ3n) is 8.83. The van der Waals surface area contributed by atoms with Crippen LogP contribution in [0.15, 0.2) is 16.7 Å². The van der Waals surface area contributed by atoms with Crippen molar-refractivity contribution in [2.75, 3.05) is 44.7 Å². The van der Waals surface area contributed by atoms with Crippen LogP contribution in [0, 0.1) is 17.7 Å². The Morgan fingerprint density at radius 1 is 1.08 bits per heavy atom. The molecule has 2 heterocycles. The molecule has 204 valence electrons. The van der Waals surface area contributed by atoms with Crippen molar-refractivity contribution in [1.29, 1.82) is 0 Å². The minimum Gasteiger partial charge on any atom is -0.381 e. The Morgan fingerprint density at radius 2 is 1.78 bits per heavy atom. The molecular formula is C28H40ClFN4O3. The lowest BCUT2D eigenvalue weighted by Crippen LogP contribution is -2.47. The van der Waals surface area contributed by atoms with E-state index in [4.69, 9.17) is 20.9 Å². The normalized spacial score (nSPS) is 27.5. The first-order valence-electron chi connectivity index (χ1n) is 14.0. The fourth-order valence-corrected chi connectivity index (χ4v) is 6.58. The first-order chi connectivity index (χ1) is 18.0. The van der Waals surface area contributed by atoms with E-state index < -0.39 is 5.82 Å². The molecule has 1 aliphatic heterocycles. The van der Waals surface area contributed by atoms with Gasteiger partial charge in [0.05, 0.1) is 16.5 Å². The molecule has 2 aromatic rings. The van der Waals surface area contributed by atoms with E-state index >= 15 is 0 Å². The summed E-state index contributed by atoms with van der Waals surface area (Å²) in [7, 11) is 1.79. The molecule has 1 aromatic heterocycles. The molecule has 0 bridgehead atoms. The fraction of sp³-hybridized carbons (Fsp3) is 0.714. The number of methoxy groups -OCH3 is 1. The maximum atomic E-state index is 13.7. The molecule has 0 atom stereocenters. The van der Waals surface area contributed by atoms with Gasteiger partial charge in [0, 0.05) is 51.8 Å². The standard InChI is InChI=1S/C28H40ClFN4O3/c1-36-22-8-4-20(5-9-22)16-27(35)31-21-6-2-19(3-7-21)10-11-33-12-14-34(15-13-33)28-23-17-24(29)25(30)18-26(23)37-32-28/h17-22H,2-16H2,1H3,(H,31,35)/t19-,20?,21-,22?. The summed E-state index contributed by atoms with van der Waals surface area (Å²) in [5.41, 5.74) is 0.431. The lowest BCUT2D eigenvalue weighted by molar-refractivity contribution is -0.123. The minimum absolute atomic E-state index is 0.0923. The largest absolute Gasteiger partial charge is 0.381 e. The van der Waals surface area contributed by atoms with Gasteiger partial charge in [0.15, 0.2) is 11.4 Å². The van der Waals surface area contributed by atoms with Gasteiger partial charge in [0.25, 0.3) is 0 Å². The van der Waals surface area contributed by atoms with Crippen molar-refractivity contribution < 1.29 is 18.4 Å². The zero-order valence-electron chi connectivity index (χ0n) is 21.9. The Morgan fingerprint density at radius 3 is 2.49 bits per heavy atom. The molecule has 0 radical (unpaired) electrons. The smallest absolute Gasteiger partial charge is 0.220 e. The van der Waals surface area contributed by atoms with Gasteiger partial charge in [-0.1, -0.05) is 16.8 Å². The van der Waals surface area contributed by atoms with Crippen molar-refractivity contribution in [3.05, 3.63) is 23.0 Å². The van der Waals surface area contributed by atoms with Crippen molar-refractivity contribution in [2.24, 2.45) is 11.8 Å². The summed E-state index contributed by atoms with van der Waals surface area (Å²) in [6, 6.07) is 3.26. The number of benzene rings is 1. The highest BCUT2D eigenvalue weighted by Crippen LogP contribution is 2.32. The molecule has 1 amide bonds. The number of hydrogen-bond donors (Lipinski definition) is 1. The summed E-state index contributed by atoms with van der Waals surface area (Å²) in [6.07, 6.45) is 11.3. The number of carbonyl (C=O) groups excluding carboxylic acids is 1. The first-order valence-corrected chi connectivity index (χ1v) is 14.4. The number of nitrogens with zero attached hydrogens (tertiary/aromatic N) is 3. The predicted molar refractivity (Wildman–Crippen MR) is 144 cm³/mol. The predicted octanol–water partition coefficient (Wildman–Crippen LogP) is 5.40. The molecule has 5 rings (SSSR count). The molecular weight excluding hydrogens is 495 g/mol. The molecule has 1 saturated heterocycles. The van der Waals surface area contributed by atoms with Crippen LogP contribution in [0.4, 0.5) is 10.2 Å². The lowest BCUT2D eigenvalue weighted by atomic mass is 9.83. The number of piperazine rings is 1.